The van der Waals surface area contributed by atoms with Crippen LogP contribution in [0, 0.1) is 0 Å². The first kappa shape index (κ1) is 19.6. The minimum absolute atomic E-state index is 0.0585. The predicted molar refractivity (Wildman–Crippen MR) is 106 cm³/mol. The number of carbonyl (C=O) groups excluding carboxylic acids is 1. The second-order valence-corrected chi connectivity index (χ2v) is 9.82. The molecular formula is C21H26N2O3S. The number of likely N-dealkylation sites (N-methyl/N-ethyl adjacent to an activating group) is 1. The van der Waals surface area contributed by atoms with E-state index in [0.717, 1.165) is 16.7 Å². The largest absolute Gasteiger partial charge is 0.358 e. The molecule has 2 aromatic rings. The summed E-state index contributed by atoms with van der Waals surface area (Å²) < 4.78 is 28.0. The van der Waals surface area contributed by atoms with Crippen LogP contribution in [0.1, 0.15) is 37.5 Å². The number of rotatable bonds is 3. The highest BCUT2D eigenvalue weighted by Crippen LogP contribution is 2.30. The Balaban J connectivity index is 2.01. The van der Waals surface area contributed by atoms with Crippen LogP contribution >= 0.6 is 0 Å². The van der Waals surface area contributed by atoms with Gasteiger partial charge in [0.2, 0.25) is 15.9 Å². The molecule has 0 spiro atoms. The highest BCUT2D eigenvalue weighted by atomic mass is 32.2. The molecule has 0 aliphatic carbocycles. The summed E-state index contributed by atoms with van der Waals surface area (Å²) in [5, 5.41) is 2.60. The SMILES string of the molecule is CNC(=O)C1Cc2ccccc2CN1S(=O)(=O)c1ccc(C(C)(C)C)cc1. The summed E-state index contributed by atoms with van der Waals surface area (Å²) in [6, 6.07) is 13.9. The summed E-state index contributed by atoms with van der Waals surface area (Å²) in [5.74, 6) is -0.292. The smallest absolute Gasteiger partial charge is 0.244 e. The number of fused-ring (bicyclic) bond motifs is 1. The topological polar surface area (TPSA) is 66.5 Å². The summed E-state index contributed by atoms with van der Waals surface area (Å²) in [4.78, 5) is 12.6. The van der Waals surface area contributed by atoms with Crippen LogP contribution in [0.5, 0.6) is 0 Å². The minimum atomic E-state index is -3.80. The molecule has 0 bridgehead atoms. The standard InChI is InChI=1S/C21H26N2O3S/c1-21(2,3)17-9-11-18(12-10-17)27(25,26)23-14-16-8-6-5-7-15(16)13-19(23)20(24)22-4/h5-12,19H,13-14H2,1-4H3,(H,22,24). The van der Waals surface area contributed by atoms with E-state index >= 15 is 0 Å². The summed E-state index contributed by atoms with van der Waals surface area (Å²) >= 11 is 0. The van der Waals surface area contributed by atoms with Crippen molar-refractivity contribution in [3.05, 3.63) is 65.2 Å². The fourth-order valence-electron chi connectivity index (χ4n) is 3.40. The average molecular weight is 387 g/mol. The lowest BCUT2D eigenvalue weighted by atomic mass is 9.87. The van der Waals surface area contributed by atoms with E-state index in [-0.39, 0.29) is 22.8 Å². The van der Waals surface area contributed by atoms with Crippen LogP contribution in [0.25, 0.3) is 0 Å². The molecule has 0 saturated heterocycles. The van der Waals surface area contributed by atoms with Crippen molar-refractivity contribution in [3.63, 3.8) is 0 Å². The maximum atomic E-state index is 13.3. The highest BCUT2D eigenvalue weighted by Gasteiger charge is 2.39. The van der Waals surface area contributed by atoms with Crippen molar-refractivity contribution in [1.29, 1.82) is 0 Å². The first-order chi connectivity index (χ1) is 12.6. The Morgan fingerprint density at radius 1 is 1.04 bits per heavy atom. The van der Waals surface area contributed by atoms with Gasteiger partial charge < -0.3 is 5.32 Å². The van der Waals surface area contributed by atoms with Crippen LogP contribution < -0.4 is 5.32 Å². The van der Waals surface area contributed by atoms with Crippen molar-refractivity contribution in [3.8, 4) is 0 Å². The molecule has 0 aromatic heterocycles. The molecule has 0 fully saturated rings. The fourth-order valence-corrected chi connectivity index (χ4v) is 4.97. The van der Waals surface area contributed by atoms with Gasteiger partial charge in [0.25, 0.3) is 0 Å². The van der Waals surface area contributed by atoms with Crippen LogP contribution in [0.2, 0.25) is 0 Å². The molecule has 3 rings (SSSR count). The Hall–Kier alpha value is -2.18. The zero-order chi connectivity index (χ0) is 19.8. The van der Waals surface area contributed by atoms with Gasteiger partial charge in [0.15, 0.2) is 0 Å². The second kappa shape index (κ2) is 7.09. The Morgan fingerprint density at radius 2 is 1.63 bits per heavy atom. The molecule has 1 aliphatic rings. The number of nitrogens with one attached hydrogen (secondary N) is 1. The normalized spacial score (nSPS) is 18.0. The van der Waals surface area contributed by atoms with E-state index in [1.54, 1.807) is 12.1 Å². The number of hydrogen-bond donors (Lipinski definition) is 1. The Labute approximate surface area is 161 Å². The third-order valence-corrected chi connectivity index (χ3v) is 6.95. The lowest BCUT2D eigenvalue weighted by Gasteiger charge is -2.34. The summed E-state index contributed by atoms with van der Waals surface area (Å²) in [7, 11) is -2.27. The molecule has 1 N–H and O–H groups in total. The van der Waals surface area contributed by atoms with Gasteiger partial charge in [-0.05, 0) is 40.7 Å². The van der Waals surface area contributed by atoms with E-state index in [1.165, 1.54) is 11.4 Å². The molecule has 0 radical (unpaired) electrons. The maximum Gasteiger partial charge on any atom is 0.244 e. The third kappa shape index (κ3) is 3.77. The number of sulfonamides is 1. The van der Waals surface area contributed by atoms with Crippen molar-refractivity contribution < 1.29 is 13.2 Å². The number of amides is 1. The average Bonchev–Trinajstić information content (AvgIpc) is 2.65. The van der Waals surface area contributed by atoms with Crippen molar-refractivity contribution in [1.82, 2.24) is 9.62 Å². The number of carbonyl (C=O) groups is 1. The molecule has 0 saturated carbocycles. The molecule has 1 atom stereocenters. The summed E-state index contributed by atoms with van der Waals surface area (Å²) in [5.41, 5.74) is 2.96. The lowest BCUT2D eigenvalue weighted by molar-refractivity contribution is -0.124. The molecule has 1 heterocycles. The lowest BCUT2D eigenvalue weighted by Crippen LogP contribution is -2.51. The van der Waals surface area contributed by atoms with E-state index < -0.39 is 16.1 Å². The zero-order valence-electron chi connectivity index (χ0n) is 16.2. The van der Waals surface area contributed by atoms with E-state index in [2.05, 4.69) is 26.1 Å². The summed E-state index contributed by atoms with van der Waals surface area (Å²) in [6.45, 7) is 6.44. The molecule has 1 aliphatic heterocycles. The molecular weight excluding hydrogens is 360 g/mol. The van der Waals surface area contributed by atoms with Crippen molar-refractivity contribution in [2.75, 3.05) is 7.05 Å². The van der Waals surface area contributed by atoms with Gasteiger partial charge in [0.05, 0.1) is 4.90 Å². The van der Waals surface area contributed by atoms with Gasteiger partial charge in [0.1, 0.15) is 6.04 Å². The molecule has 5 nitrogen and oxygen atoms in total. The Bertz CT molecular complexity index is 944. The Kier molecular flexibility index (Phi) is 5.14. The van der Waals surface area contributed by atoms with Crippen molar-refractivity contribution in [2.45, 2.75) is 50.1 Å². The van der Waals surface area contributed by atoms with Crippen LogP contribution in [0.3, 0.4) is 0 Å². The van der Waals surface area contributed by atoms with Crippen LogP contribution in [-0.2, 0) is 33.2 Å². The monoisotopic (exact) mass is 386 g/mol. The molecule has 6 heteroatoms. The van der Waals surface area contributed by atoms with Crippen LogP contribution in [0.15, 0.2) is 53.4 Å². The van der Waals surface area contributed by atoms with Crippen molar-refractivity contribution in [2.24, 2.45) is 0 Å². The van der Waals surface area contributed by atoms with Crippen LogP contribution in [-0.4, -0.2) is 31.7 Å². The van der Waals surface area contributed by atoms with Gasteiger partial charge in [-0.3, -0.25) is 4.79 Å². The molecule has 1 unspecified atom stereocenters. The minimum Gasteiger partial charge on any atom is -0.358 e. The van der Waals surface area contributed by atoms with E-state index in [4.69, 9.17) is 0 Å². The number of hydrogen-bond acceptors (Lipinski definition) is 3. The Morgan fingerprint density at radius 3 is 2.19 bits per heavy atom. The first-order valence-electron chi connectivity index (χ1n) is 9.05. The fraction of sp³-hybridized carbons (Fsp3) is 0.381. The maximum absolute atomic E-state index is 13.3. The van der Waals surface area contributed by atoms with Gasteiger partial charge in [0, 0.05) is 13.6 Å². The van der Waals surface area contributed by atoms with Gasteiger partial charge in [-0.1, -0.05) is 57.2 Å². The van der Waals surface area contributed by atoms with Crippen molar-refractivity contribution >= 4 is 15.9 Å². The number of benzene rings is 2. The van der Waals surface area contributed by atoms with E-state index in [0.29, 0.717) is 6.42 Å². The molecule has 144 valence electrons. The highest BCUT2D eigenvalue weighted by molar-refractivity contribution is 7.89. The van der Waals surface area contributed by atoms with Gasteiger partial charge >= 0.3 is 0 Å². The van der Waals surface area contributed by atoms with Gasteiger partial charge in [-0.15, -0.1) is 0 Å². The van der Waals surface area contributed by atoms with E-state index in [9.17, 15) is 13.2 Å². The molecule has 1 amide bonds. The first-order valence-corrected chi connectivity index (χ1v) is 10.5. The van der Waals surface area contributed by atoms with Gasteiger partial charge in [-0.25, -0.2) is 8.42 Å². The van der Waals surface area contributed by atoms with Crippen LogP contribution in [0.4, 0.5) is 0 Å². The van der Waals surface area contributed by atoms with E-state index in [1.807, 2.05) is 36.4 Å². The molecule has 2 aromatic carbocycles. The number of nitrogens with zero attached hydrogens (tertiary/aromatic N) is 1. The zero-order valence-corrected chi connectivity index (χ0v) is 17.0. The molecule has 27 heavy (non-hydrogen) atoms. The second-order valence-electron chi connectivity index (χ2n) is 7.93. The van der Waals surface area contributed by atoms with Gasteiger partial charge in [-0.2, -0.15) is 4.31 Å². The summed E-state index contributed by atoms with van der Waals surface area (Å²) in [6.07, 6.45) is 0.370. The quantitative estimate of drug-likeness (QED) is 0.882. The third-order valence-electron chi connectivity index (χ3n) is 5.08. The predicted octanol–water partition coefficient (Wildman–Crippen LogP) is 2.85.